The van der Waals surface area contributed by atoms with Gasteiger partial charge in [0, 0.05) is 12.6 Å². The van der Waals surface area contributed by atoms with Crippen LogP contribution in [0.15, 0.2) is 0 Å². The van der Waals surface area contributed by atoms with Crippen LogP contribution in [0.1, 0.15) is 54.9 Å². The molecule has 0 rings (SSSR count). The van der Waals surface area contributed by atoms with Crippen LogP contribution in [0.4, 0.5) is 0 Å². The van der Waals surface area contributed by atoms with E-state index in [-0.39, 0.29) is 11.4 Å². The highest BCUT2D eigenvalue weighted by atomic mass is 16.5. The number of carbonyl (C=O) groups is 2. The highest BCUT2D eigenvalue weighted by Gasteiger charge is 2.42. The van der Waals surface area contributed by atoms with E-state index in [9.17, 15) is 9.59 Å². The Balaban J connectivity index is 5.30. The second-order valence-corrected chi connectivity index (χ2v) is 6.61. The fraction of sp³-hybridized carbons (Fsp3) is 0.867. The van der Waals surface area contributed by atoms with E-state index in [4.69, 9.17) is 4.74 Å². The topological polar surface area (TPSA) is 46.6 Å². The summed E-state index contributed by atoms with van der Waals surface area (Å²) in [5, 5.41) is 0. The monoisotopic (exact) mass is 271 g/mol. The molecule has 0 aromatic rings. The summed E-state index contributed by atoms with van der Waals surface area (Å²) >= 11 is 0. The summed E-state index contributed by atoms with van der Waals surface area (Å²) < 4.78 is 5.06. The van der Waals surface area contributed by atoms with Gasteiger partial charge < -0.3 is 9.64 Å². The Hall–Kier alpha value is -1.06. The van der Waals surface area contributed by atoms with Gasteiger partial charge in [-0.3, -0.25) is 9.59 Å². The number of carbonyl (C=O) groups excluding carboxylic acids is 2. The molecule has 0 heterocycles. The lowest BCUT2D eigenvalue weighted by Gasteiger charge is -2.39. The van der Waals surface area contributed by atoms with Crippen LogP contribution in [-0.4, -0.2) is 36.0 Å². The van der Waals surface area contributed by atoms with Crippen molar-refractivity contribution < 1.29 is 14.3 Å². The summed E-state index contributed by atoms with van der Waals surface area (Å²) in [6.07, 6.45) is 0.828. The smallest absolute Gasteiger partial charge is 0.319 e. The zero-order chi connectivity index (χ0) is 15.4. The standard InChI is InChI=1S/C15H29NO3/c1-9-15(6,7)16(8)12(17)11(14(3,4)5)13(18)19-10-2/h11H,9-10H2,1-8H3. The molecular weight excluding hydrogens is 242 g/mol. The molecule has 0 aromatic heterocycles. The van der Waals surface area contributed by atoms with E-state index in [0.29, 0.717) is 6.61 Å². The third-order valence-electron chi connectivity index (χ3n) is 3.74. The summed E-state index contributed by atoms with van der Waals surface area (Å²) in [5.41, 5.74) is -0.728. The third kappa shape index (κ3) is 4.51. The first-order valence-electron chi connectivity index (χ1n) is 6.93. The molecule has 1 unspecified atom stereocenters. The van der Waals surface area contributed by atoms with Gasteiger partial charge in [-0.1, -0.05) is 27.7 Å². The summed E-state index contributed by atoms with van der Waals surface area (Å²) in [4.78, 5) is 26.4. The van der Waals surface area contributed by atoms with Crippen LogP contribution < -0.4 is 0 Å². The van der Waals surface area contributed by atoms with Crippen molar-refractivity contribution in [3.05, 3.63) is 0 Å². The first kappa shape index (κ1) is 17.9. The minimum Gasteiger partial charge on any atom is -0.465 e. The van der Waals surface area contributed by atoms with Crippen LogP contribution in [0.5, 0.6) is 0 Å². The highest BCUT2D eigenvalue weighted by molar-refractivity contribution is 5.98. The fourth-order valence-corrected chi connectivity index (χ4v) is 1.78. The average Bonchev–Trinajstić information content (AvgIpc) is 2.26. The Morgan fingerprint density at radius 1 is 1.11 bits per heavy atom. The van der Waals surface area contributed by atoms with Crippen LogP contribution in [0.25, 0.3) is 0 Å². The lowest BCUT2D eigenvalue weighted by atomic mass is 9.79. The number of hydrogen-bond donors (Lipinski definition) is 0. The normalized spacial score (nSPS) is 13.9. The molecule has 0 spiro atoms. The average molecular weight is 271 g/mol. The summed E-state index contributed by atoms with van der Waals surface area (Å²) in [5.74, 6) is -1.36. The molecule has 0 saturated heterocycles. The van der Waals surface area contributed by atoms with E-state index in [1.807, 2.05) is 41.5 Å². The van der Waals surface area contributed by atoms with Crippen molar-refractivity contribution in [1.82, 2.24) is 4.90 Å². The van der Waals surface area contributed by atoms with Crippen LogP contribution in [0.3, 0.4) is 0 Å². The third-order valence-corrected chi connectivity index (χ3v) is 3.74. The van der Waals surface area contributed by atoms with Gasteiger partial charge in [0.1, 0.15) is 5.92 Å². The van der Waals surface area contributed by atoms with Crippen LogP contribution in [-0.2, 0) is 14.3 Å². The zero-order valence-electron chi connectivity index (χ0n) is 13.7. The van der Waals surface area contributed by atoms with Crippen molar-refractivity contribution in [3.63, 3.8) is 0 Å². The lowest BCUT2D eigenvalue weighted by molar-refractivity contribution is -0.162. The molecule has 4 nitrogen and oxygen atoms in total. The van der Waals surface area contributed by atoms with Gasteiger partial charge in [0.05, 0.1) is 6.61 Å². The van der Waals surface area contributed by atoms with E-state index in [1.165, 1.54) is 0 Å². The fourth-order valence-electron chi connectivity index (χ4n) is 1.78. The predicted molar refractivity (Wildman–Crippen MR) is 76.7 cm³/mol. The van der Waals surface area contributed by atoms with Gasteiger partial charge in [-0.2, -0.15) is 0 Å². The van der Waals surface area contributed by atoms with Crippen LogP contribution in [0.2, 0.25) is 0 Å². The van der Waals surface area contributed by atoms with E-state index in [0.717, 1.165) is 6.42 Å². The maximum atomic E-state index is 12.6. The second-order valence-electron chi connectivity index (χ2n) is 6.61. The van der Waals surface area contributed by atoms with E-state index < -0.39 is 17.3 Å². The molecule has 19 heavy (non-hydrogen) atoms. The number of hydrogen-bond acceptors (Lipinski definition) is 3. The number of nitrogens with zero attached hydrogens (tertiary/aromatic N) is 1. The molecule has 0 fully saturated rings. The second kappa shape index (κ2) is 6.40. The van der Waals surface area contributed by atoms with Gasteiger partial charge in [0.25, 0.3) is 0 Å². The van der Waals surface area contributed by atoms with Crippen molar-refractivity contribution >= 4 is 11.9 Å². The Morgan fingerprint density at radius 2 is 1.58 bits per heavy atom. The molecule has 112 valence electrons. The lowest BCUT2D eigenvalue weighted by Crippen LogP contribution is -2.51. The van der Waals surface area contributed by atoms with Crippen molar-refractivity contribution in [3.8, 4) is 0 Å². The molecule has 0 aromatic carbocycles. The molecule has 1 amide bonds. The highest BCUT2D eigenvalue weighted by Crippen LogP contribution is 2.31. The van der Waals surface area contributed by atoms with E-state index in [1.54, 1.807) is 18.9 Å². The van der Waals surface area contributed by atoms with Gasteiger partial charge in [0.15, 0.2) is 0 Å². The summed E-state index contributed by atoms with van der Waals surface area (Å²) in [6, 6.07) is 0. The molecule has 0 radical (unpaired) electrons. The Bertz CT molecular complexity index is 329. The predicted octanol–water partition coefficient (Wildman–Crippen LogP) is 2.86. The van der Waals surface area contributed by atoms with Gasteiger partial charge >= 0.3 is 5.97 Å². The van der Waals surface area contributed by atoms with Crippen LogP contribution in [0, 0.1) is 11.3 Å². The Morgan fingerprint density at radius 3 is 1.89 bits per heavy atom. The molecule has 0 aliphatic heterocycles. The first-order valence-corrected chi connectivity index (χ1v) is 6.93. The molecule has 0 bridgehead atoms. The maximum absolute atomic E-state index is 12.6. The molecular formula is C15H29NO3. The van der Waals surface area contributed by atoms with E-state index in [2.05, 4.69) is 0 Å². The van der Waals surface area contributed by atoms with E-state index >= 15 is 0 Å². The maximum Gasteiger partial charge on any atom is 0.319 e. The molecule has 0 saturated carbocycles. The van der Waals surface area contributed by atoms with Crippen molar-refractivity contribution in [2.45, 2.75) is 60.4 Å². The number of rotatable bonds is 5. The van der Waals surface area contributed by atoms with Gasteiger partial charge in [0.2, 0.25) is 5.91 Å². The quantitative estimate of drug-likeness (QED) is 0.570. The van der Waals surface area contributed by atoms with Crippen molar-refractivity contribution in [2.24, 2.45) is 11.3 Å². The summed E-state index contributed by atoms with van der Waals surface area (Å²) in [6.45, 7) is 13.7. The molecule has 0 N–H and O–H groups in total. The molecule has 0 aliphatic carbocycles. The number of ether oxygens (including phenoxy) is 1. The van der Waals surface area contributed by atoms with Gasteiger partial charge in [-0.05, 0) is 32.6 Å². The minimum absolute atomic E-state index is 0.169. The minimum atomic E-state index is -0.761. The number of esters is 1. The van der Waals surface area contributed by atoms with Crippen molar-refractivity contribution in [2.75, 3.05) is 13.7 Å². The Labute approximate surface area is 117 Å². The first-order chi connectivity index (χ1) is 8.49. The SMILES string of the molecule is CCOC(=O)C(C(=O)N(C)C(C)(C)CC)C(C)(C)C. The molecule has 4 heteroatoms. The molecule has 1 atom stereocenters. The van der Waals surface area contributed by atoms with Crippen molar-refractivity contribution in [1.29, 1.82) is 0 Å². The van der Waals surface area contributed by atoms with Gasteiger partial charge in [-0.25, -0.2) is 0 Å². The van der Waals surface area contributed by atoms with Gasteiger partial charge in [-0.15, -0.1) is 0 Å². The largest absolute Gasteiger partial charge is 0.465 e. The van der Waals surface area contributed by atoms with Crippen LogP contribution >= 0.6 is 0 Å². The Kier molecular flexibility index (Phi) is 6.04. The zero-order valence-corrected chi connectivity index (χ0v) is 13.7. The summed E-state index contributed by atoms with van der Waals surface area (Å²) in [7, 11) is 1.75. The number of amides is 1. The molecule has 0 aliphatic rings.